The van der Waals surface area contributed by atoms with Crippen molar-refractivity contribution in [3.05, 3.63) is 24.0 Å². The maximum Gasteiger partial charge on any atom is 0.412 e. The summed E-state index contributed by atoms with van der Waals surface area (Å²) >= 11 is 0. The summed E-state index contributed by atoms with van der Waals surface area (Å²) in [7, 11) is -3.54. The van der Waals surface area contributed by atoms with Crippen LogP contribution in [0.1, 0.15) is 33.3 Å². The van der Waals surface area contributed by atoms with Crippen LogP contribution in [0.15, 0.2) is 18.5 Å². The number of aromatic nitrogens is 1. The number of hydrogen-bond acceptors (Lipinski definition) is 6. The molecule has 0 saturated carbocycles. The summed E-state index contributed by atoms with van der Waals surface area (Å²) in [5.74, 6) is 0. The van der Waals surface area contributed by atoms with Crippen LogP contribution in [0, 0.1) is 0 Å². The van der Waals surface area contributed by atoms with Gasteiger partial charge in [-0.15, -0.1) is 0 Å². The molecule has 1 amide bonds. The van der Waals surface area contributed by atoms with E-state index < -0.39 is 27.9 Å². The second kappa shape index (κ2) is 7.06. The summed E-state index contributed by atoms with van der Waals surface area (Å²) in [5, 5.41) is 2.63. The molecule has 1 rings (SSSR count). The van der Waals surface area contributed by atoms with Gasteiger partial charge < -0.3 is 4.74 Å². The van der Waals surface area contributed by atoms with Gasteiger partial charge in [-0.25, -0.2) is 4.79 Å². The lowest BCUT2D eigenvalue weighted by Gasteiger charge is -2.20. The zero-order valence-corrected chi connectivity index (χ0v) is 14.2. The molecule has 8 heteroatoms. The Bertz CT molecular complexity index is 622. The molecular formula is C14H22N2O5S. The zero-order chi connectivity index (χ0) is 17.0. The van der Waals surface area contributed by atoms with Gasteiger partial charge in [0, 0.05) is 18.8 Å². The smallest absolute Gasteiger partial charge is 0.412 e. The molecular weight excluding hydrogens is 308 g/mol. The van der Waals surface area contributed by atoms with Crippen LogP contribution in [0.3, 0.4) is 0 Å². The molecule has 7 nitrogen and oxygen atoms in total. The average Bonchev–Trinajstić information content (AvgIpc) is 2.26. The molecule has 0 aromatic carbocycles. The molecule has 0 bridgehead atoms. The van der Waals surface area contributed by atoms with E-state index in [4.69, 9.17) is 8.92 Å². The van der Waals surface area contributed by atoms with Crippen LogP contribution in [-0.2, 0) is 25.5 Å². The minimum atomic E-state index is -3.54. The highest BCUT2D eigenvalue weighted by molar-refractivity contribution is 7.86. The van der Waals surface area contributed by atoms with Gasteiger partial charge in [0.25, 0.3) is 10.1 Å². The third-order valence-electron chi connectivity index (χ3n) is 2.39. The van der Waals surface area contributed by atoms with Crippen molar-refractivity contribution in [2.75, 3.05) is 11.6 Å². The zero-order valence-electron chi connectivity index (χ0n) is 13.4. The standard InChI is InChI=1S/C14H22N2O5S/c1-10(21-22(5,18)19)8-11-9-15-7-6-12(11)16-13(17)20-14(2,3)4/h6-7,9-10H,8H2,1-5H3,(H,15,16,17)/t10-/m0/s1. The third-order valence-corrected chi connectivity index (χ3v) is 3.06. The van der Waals surface area contributed by atoms with Crippen molar-refractivity contribution in [1.29, 1.82) is 0 Å². The largest absolute Gasteiger partial charge is 0.444 e. The molecule has 0 radical (unpaired) electrons. The molecule has 0 aliphatic rings. The van der Waals surface area contributed by atoms with Crippen LogP contribution in [-0.4, -0.2) is 37.5 Å². The van der Waals surface area contributed by atoms with E-state index >= 15 is 0 Å². The summed E-state index contributed by atoms with van der Waals surface area (Å²) in [5.41, 5.74) is 0.557. The van der Waals surface area contributed by atoms with Crippen molar-refractivity contribution in [1.82, 2.24) is 4.98 Å². The van der Waals surface area contributed by atoms with Gasteiger partial charge >= 0.3 is 6.09 Å². The number of nitrogens with one attached hydrogen (secondary N) is 1. The molecule has 1 atom stereocenters. The minimum Gasteiger partial charge on any atom is -0.444 e. The Morgan fingerprint density at radius 2 is 2.05 bits per heavy atom. The van der Waals surface area contributed by atoms with Gasteiger partial charge in [-0.3, -0.25) is 14.5 Å². The fourth-order valence-electron chi connectivity index (χ4n) is 1.77. The number of carbonyl (C=O) groups excluding carboxylic acids is 1. The first-order valence-corrected chi connectivity index (χ1v) is 8.59. The average molecular weight is 330 g/mol. The molecule has 0 fully saturated rings. The van der Waals surface area contributed by atoms with Gasteiger partial charge in [-0.2, -0.15) is 8.42 Å². The van der Waals surface area contributed by atoms with Crippen LogP contribution >= 0.6 is 0 Å². The fraction of sp³-hybridized carbons (Fsp3) is 0.571. The lowest BCUT2D eigenvalue weighted by Crippen LogP contribution is -2.27. The Balaban J connectivity index is 2.80. The predicted octanol–water partition coefficient (Wildman–Crippen LogP) is 2.34. The molecule has 0 saturated heterocycles. The molecule has 124 valence electrons. The Labute approximate surface area is 131 Å². The van der Waals surface area contributed by atoms with Gasteiger partial charge in [0.15, 0.2) is 0 Å². The van der Waals surface area contributed by atoms with Crippen LogP contribution in [0.5, 0.6) is 0 Å². The molecule has 1 heterocycles. The van der Waals surface area contributed by atoms with Crippen LogP contribution in [0.25, 0.3) is 0 Å². The SMILES string of the molecule is C[C@@H](Cc1cnccc1NC(=O)OC(C)(C)C)OS(C)(=O)=O. The minimum absolute atomic E-state index is 0.284. The highest BCUT2D eigenvalue weighted by Crippen LogP contribution is 2.18. The second-order valence-corrected chi connectivity index (χ2v) is 7.58. The van der Waals surface area contributed by atoms with E-state index in [1.165, 1.54) is 6.20 Å². The van der Waals surface area contributed by atoms with Crippen LogP contribution in [0.4, 0.5) is 10.5 Å². The highest BCUT2D eigenvalue weighted by atomic mass is 32.2. The van der Waals surface area contributed by atoms with Gasteiger partial charge in [-0.1, -0.05) is 0 Å². The maximum atomic E-state index is 11.8. The van der Waals surface area contributed by atoms with E-state index in [2.05, 4.69) is 10.3 Å². The van der Waals surface area contributed by atoms with Gasteiger partial charge in [0.1, 0.15) is 5.60 Å². The molecule has 22 heavy (non-hydrogen) atoms. The highest BCUT2D eigenvalue weighted by Gasteiger charge is 2.18. The fourth-order valence-corrected chi connectivity index (χ4v) is 2.43. The van der Waals surface area contributed by atoms with Crippen molar-refractivity contribution in [3.63, 3.8) is 0 Å². The molecule has 0 unspecified atom stereocenters. The van der Waals surface area contributed by atoms with E-state index in [0.29, 0.717) is 11.3 Å². The second-order valence-electron chi connectivity index (χ2n) is 5.97. The number of rotatable bonds is 5. The number of ether oxygens (including phenoxy) is 1. The molecule has 1 aromatic heterocycles. The number of amides is 1. The normalized spacial score (nSPS) is 13.5. The van der Waals surface area contributed by atoms with Gasteiger partial charge in [-0.05, 0) is 39.3 Å². The van der Waals surface area contributed by atoms with E-state index in [1.54, 1.807) is 40.0 Å². The van der Waals surface area contributed by atoms with Gasteiger partial charge in [0.2, 0.25) is 0 Å². The monoisotopic (exact) mass is 330 g/mol. The summed E-state index contributed by atoms with van der Waals surface area (Å²) < 4.78 is 32.3. The van der Waals surface area contributed by atoms with Crippen molar-refractivity contribution in [3.8, 4) is 0 Å². The third kappa shape index (κ3) is 7.37. The van der Waals surface area contributed by atoms with Crippen molar-refractivity contribution >= 4 is 21.9 Å². The lowest BCUT2D eigenvalue weighted by atomic mass is 10.1. The Morgan fingerprint density at radius 3 is 2.59 bits per heavy atom. The molecule has 0 aliphatic carbocycles. The topological polar surface area (TPSA) is 94.6 Å². The van der Waals surface area contributed by atoms with Crippen molar-refractivity contribution in [2.45, 2.75) is 45.8 Å². The first-order chi connectivity index (χ1) is 9.96. The van der Waals surface area contributed by atoms with Crippen molar-refractivity contribution in [2.24, 2.45) is 0 Å². The van der Waals surface area contributed by atoms with Gasteiger partial charge in [0.05, 0.1) is 18.0 Å². The lowest BCUT2D eigenvalue weighted by molar-refractivity contribution is 0.0635. The van der Waals surface area contributed by atoms with E-state index in [-0.39, 0.29) is 6.42 Å². The Morgan fingerprint density at radius 1 is 1.41 bits per heavy atom. The summed E-state index contributed by atoms with van der Waals surface area (Å²) in [4.78, 5) is 15.8. The molecule has 1 aromatic rings. The molecule has 0 spiro atoms. The van der Waals surface area contributed by atoms with Crippen LogP contribution in [0.2, 0.25) is 0 Å². The predicted molar refractivity (Wildman–Crippen MR) is 83.2 cm³/mol. The summed E-state index contributed by atoms with van der Waals surface area (Å²) in [6.07, 6.45) is 3.20. The maximum absolute atomic E-state index is 11.8. The summed E-state index contributed by atoms with van der Waals surface area (Å²) in [6, 6.07) is 1.62. The van der Waals surface area contributed by atoms with E-state index in [0.717, 1.165) is 6.26 Å². The Kier molecular flexibility index (Phi) is 5.90. The first-order valence-electron chi connectivity index (χ1n) is 6.77. The number of carbonyl (C=O) groups is 1. The quantitative estimate of drug-likeness (QED) is 0.833. The van der Waals surface area contributed by atoms with Crippen LogP contribution < -0.4 is 5.32 Å². The first kappa shape index (κ1) is 18.4. The molecule has 0 aliphatic heterocycles. The summed E-state index contributed by atoms with van der Waals surface area (Å²) in [6.45, 7) is 6.93. The number of anilines is 1. The van der Waals surface area contributed by atoms with E-state index in [1.807, 2.05) is 0 Å². The number of pyridine rings is 1. The number of hydrogen-bond donors (Lipinski definition) is 1. The Hall–Kier alpha value is -1.67. The molecule has 1 N–H and O–H groups in total. The van der Waals surface area contributed by atoms with E-state index in [9.17, 15) is 13.2 Å². The number of nitrogens with zero attached hydrogens (tertiary/aromatic N) is 1. The van der Waals surface area contributed by atoms with Crippen molar-refractivity contribution < 1.29 is 22.1 Å².